The summed E-state index contributed by atoms with van der Waals surface area (Å²) in [7, 11) is 0. The van der Waals surface area contributed by atoms with Gasteiger partial charge in [0, 0.05) is 33.9 Å². The molecule has 2 heterocycles. The number of imidazole rings is 1. The van der Waals surface area contributed by atoms with Gasteiger partial charge in [0.15, 0.2) is 0 Å². The van der Waals surface area contributed by atoms with Crippen molar-refractivity contribution in [2.24, 2.45) is 5.10 Å². The van der Waals surface area contributed by atoms with E-state index in [1.807, 2.05) is 42.5 Å². The molecule has 6 nitrogen and oxygen atoms in total. The molecule has 4 aromatic rings. The highest BCUT2D eigenvalue weighted by molar-refractivity contribution is 6.31. The molecule has 0 fully saturated rings. The molecule has 0 spiro atoms. The normalized spacial score (nSPS) is 11.3. The predicted octanol–water partition coefficient (Wildman–Crippen LogP) is 3.98. The number of carbonyl (C=O) groups excluding carboxylic acids is 1. The molecular formula is C19H14ClN5O. The van der Waals surface area contributed by atoms with Gasteiger partial charge in [-0.1, -0.05) is 41.9 Å². The first-order chi connectivity index (χ1) is 12.7. The Morgan fingerprint density at radius 3 is 2.88 bits per heavy atom. The number of carbonyl (C=O) groups is 1. The molecule has 0 atom stereocenters. The van der Waals surface area contributed by atoms with Gasteiger partial charge in [0.2, 0.25) is 0 Å². The van der Waals surface area contributed by atoms with E-state index in [1.165, 1.54) is 6.21 Å². The summed E-state index contributed by atoms with van der Waals surface area (Å²) in [5, 5.41) is 5.49. The Bertz CT molecular complexity index is 1100. The Kier molecular flexibility index (Phi) is 4.25. The van der Waals surface area contributed by atoms with Gasteiger partial charge >= 0.3 is 0 Å². The number of hydrazone groups is 1. The third-order valence-corrected chi connectivity index (χ3v) is 4.15. The van der Waals surface area contributed by atoms with E-state index in [2.05, 4.69) is 25.5 Å². The summed E-state index contributed by atoms with van der Waals surface area (Å²) in [6.45, 7) is 0. The number of rotatable bonds is 4. The lowest BCUT2D eigenvalue weighted by atomic mass is 10.0. The third kappa shape index (κ3) is 3.10. The SMILES string of the molecule is O=C(NN=Cc1ncc[nH]1)c1[nH]c2ccccc2c1-c1cccc(Cl)c1. The van der Waals surface area contributed by atoms with Gasteiger partial charge in [-0.3, -0.25) is 4.79 Å². The van der Waals surface area contributed by atoms with Crippen molar-refractivity contribution in [1.82, 2.24) is 20.4 Å². The van der Waals surface area contributed by atoms with Crippen LogP contribution in [0.5, 0.6) is 0 Å². The molecule has 128 valence electrons. The average Bonchev–Trinajstić information content (AvgIpc) is 3.29. The second kappa shape index (κ2) is 6.85. The highest BCUT2D eigenvalue weighted by atomic mass is 35.5. The van der Waals surface area contributed by atoms with Gasteiger partial charge in [-0.15, -0.1) is 0 Å². The van der Waals surface area contributed by atoms with Crippen molar-refractivity contribution in [3.8, 4) is 11.1 Å². The van der Waals surface area contributed by atoms with Gasteiger partial charge in [-0.25, -0.2) is 10.4 Å². The third-order valence-electron chi connectivity index (χ3n) is 3.92. The molecule has 0 unspecified atom stereocenters. The average molecular weight is 364 g/mol. The lowest BCUT2D eigenvalue weighted by Gasteiger charge is -2.05. The lowest BCUT2D eigenvalue weighted by Crippen LogP contribution is -2.19. The van der Waals surface area contributed by atoms with Gasteiger partial charge in [-0.05, 0) is 23.8 Å². The Hall–Kier alpha value is -3.38. The summed E-state index contributed by atoms with van der Waals surface area (Å²) in [5.74, 6) is 0.205. The van der Waals surface area contributed by atoms with Crippen LogP contribution in [-0.4, -0.2) is 27.1 Å². The molecule has 1 amide bonds. The van der Waals surface area contributed by atoms with Crippen molar-refractivity contribution >= 4 is 34.6 Å². The van der Waals surface area contributed by atoms with Crippen LogP contribution in [0.1, 0.15) is 16.3 Å². The second-order valence-corrected chi connectivity index (χ2v) is 6.04. The fraction of sp³-hybridized carbons (Fsp3) is 0. The van der Waals surface area contributed by atoms with Crippen molar-refractivity contribution in [3.05, 3.63) is 77.5 Å². The van der Waals surface area contributed by atoms with Crippen LogP contribution in [0.3, 0.4) is 0 Å². The summed E-state index contributed by atoms with van der Waals surface area (Å²) in [5.41, 5.74) is 5.46. The van der Waals surface area contributed by atoms with Crippen molar-refractivity contribution in [1.29, 1.82) is 0 Å². The fourth-order valence-corrected chi connectivity index (χ4v) is 3.00. The largest absolute Gasteiger partial charge is 0.350 e. The Balaban J connectivity index is 1.74. The Morgan fingerprint density at radius 1 is 1.19 bits per heavy atom. The van der Waals surface area contributed by atoms with Crippen molar-refractivity contribution in [2.75, 3.05) is 0 Å². The van der Waals surface area contributed by atoms with Gasteiger partial charge in [0.25, 0.3) is 5.91 Å². The minimum absolute atomic E-state index is 0.348. The molecule has 4 rings (SSSR count). The van der Waals surface area contributed by atoms with Crippen LogP contribution in [0.15, 0.2) is 66.0 Å². The highest BCUT2D eigenvalue weighted by Crippen LogP contribution is 2.33. The van der Waals surface area contributed by atoms with E-state index in [0.29, 0.717) is 16.5 Å². The van der Waals surface area contributed by atoms with Crippen LogP contribution in [-0.2, 0) is 0 Å². The maximum atomic E-state index is 12.7. The molecule has 0 saturated carbocycles. The molecule has 0 aliphatic carbocycles. The zero-order valence-electron chi connectivity index (χ0n) is 13.5. The summed E-state index contributed by atoms with van der Waals surface area (Å²) in [6.07, 6.45) is 4.73. The molecule has 0 radical (unpaired) electrons. The van der Waals surface area contributed by atoms with E-state index in [1.54, 1.807) is 18.5 Å². The van der Waals surface area contributed by atoms with Crippen LogP contribution in [0, 0.1) is 0 Å². The molecule has 26 heavy (non-hydrogen) atoms. The summed E-state index contributed by atoms with van der Waals surface area (Å²) >= 11 is 6.14. The molecule has 0 aliphatic heterocycles. The Labute approximate surface area is 153 Å². The lowest BCUT2D eigenvalue weighted by molar-refractivity contribution is 0.0951. The van der Waals surface area contributed by atoms with E-state index >= 15 is 0 Å². The van der Waals surface area contributed by atoms with E-state index in [0.717, 1.165) is 22.0 Å². The zero-order chi connectivity index (χ0) is 17.9. The molecule has 3 N–H and O–H groups in total. The predicted molar refractivity (Wildman–Crippen MR) is 102 cm³/mol. The number of amides is 1. The number of nitrogens with one attached hydrogen (secondary N) is 3. The molecule has 2 aromatic heterocycles. The van der Waals surface area contributed by atoms with Crippen LogP contribution in [0.2, 0.25) is 5.02 Å². The standard InChI is InChI=1S/C19H14ClN5O/c20-13-5-3-4-12(10-13)17-14-6-1-2-7-15(14)24-18(17)19(26)25-23-11-16-21-8-9-22-16/h1-11,24H,(H,21,22)(H,25,26). The number of para-hydroxylation sites is 1. The number of aromatic amines is 2. The smallest absolute Gasteiger partial charge is 0.288 e. The van der Waals surface area contributed by atoms with Gasteiger partial charge in [0.1, 0.15) is 11.5 Å². The number of aromatic nitrogens is 3. The molecular weight excluding hydrogens is 350 g/mol. The van der Waals surface area contributed by atoms with Crippen LogP contribution >= 0.6 is 11.6 Å². The molecule has 0 saturated heterocycles. The quantitative estimate of drug-likeness (QED) is 0.378. The minimum Gasteiger partial charge on any atom is -0.350 e. The van der Waals surface area contributed by atoms with E-state index in [4.69, 9.17) is 11.6 Å². The first-order valence-electron chi connectivity index (χ1n) is 7.92. The van der Waals surface area contributed by atoms with Gasteiger partial charge < -0.3 is 9.97 Å². The summed E-state index contributed by atoms with van der Waals surface area (Å²) < 4.78 is 0. The molecule has 0 aliphatic rings. The van der Waals surface area contributed by atoms with Crippen LogP contribution < -0.4 is 5.43 Å². The number of benzene rings is 2. The van der Waals surface area contributed by atoms with E-state index in [9.17, 15) is 4.79 Å². The van der Waals surface area contributed by atoms with Gasteiger partial charge in [-0.2, -0.15) is 5.10 Å². The monoisotopic (exact) mass is 363 g/mol. The summed E-state index contributed by atoms with van der Waals surface area (Å²) in [6, 6.07) is 15.1. The maximum Gasteiger partial charge on any atom is 0.288 e. The van der Waals surface area contributed by atoms with Crippen molar-refractivity contribution in [3.63, 3.8) is 0 Å². The Morgan fingerprint density at radius 2 is 2.08 bits per heavy atom. The molecule has 2 aromatic carbocycles. The molecule has 0 bridgehead atoms. The van der Waals surface area contributed by atoms with Crippen molar-refractivity contribution in [2.45, 2.75) is 0 Å². The number of hydrogen-bond acceptors (Lipinski definition) is 3. The first kappa shape index (κ1) is 16.1. The number of hydrogen-bond donors (Lipinski definition) is 3. The zero-order valence-corrected chi connectivity index (χ0v) is 14.3. The second-order valence-electron chi connectivity index (χ2n) is 5.60. The number of nitrogens with zero attached hydrogens (tertiary/aromatic N) is 2. The summed E-state index contributed by atoms with van der Waals surface area (Å²) in [4.78, 5) is 22.8. The minimum atomic E-state index is -0.348. The van der Waals surface area contributed by atoms with E-state index in [-0.39, 0.29) is 5.91 Å². The number of fused-ring (bicyclic) bond motifs is 1. The number of H-pyrrole nitrogens is 2. The van der Waals surface area contributed by atoms with Crippen LogP contribution in [0.4, 0.5) is 0 Å². The van der Waals surface area contributed by atoms with E-state index < -0.39 is 0 Å². The van der Waals surface area contributed by atoms with Gasteiger partial charge in [0.05, 0.1) is 6.21 Å². The molecule has 7 heteroatoms. The highest BCUT2D eigenvalue weighted by Gasteiger charge is 2.19. The van der Waals surface area contributed by atoms with Crippen LogP contribution in [0.25, 0.3) is 22.0 Å². The maximum absolute atomic E-state index is 12.7. The number of halogens is 1. The first-order valence-corrected chi connectivity index (χ1v) is 8.29. The fourth-order valence-electron chi connectivity index (χ4n) is 2.81. The topological polar surface area (TPSA) is 85.9 Å². The van der Waals surface area contributed by atoms with Crippen molar-refractivity contribution < 1.29 is 4.79 Å².